The van der Waals surface area contributed by atoms with Crippen LogP contribution in [0, 0.1) is 13.8 Å². The number of benzene rings is 2. The van der Waals surface area contributed by atoms with E-state index in [0.717, 1.165) is 23.8 Å². The van der Waals surface area contributed by atoms with Crippen molar-refractivity contribution in [3.8, 4) is 17.2 Å². The lowest BCUT2D eigenvalue weighted by Crippen LogP contribution is -1.83. The number of methoxy groups -OCH3 is 1. The molecule has 0 heterocycles. The Morgan fingerprint density at radius 2 is 1.35 bits per heavy atom. The Morgan fingerprint density at radius 3 is 1.79 bits per heavy atom. The number of carbonyl (C=O) groups is 2. The molecule has 5 heteroatoms. The maximum absolute atomic E-state index is 10.3. The summed E-state index contributed by atoms with van der Waals surface area (Å²) in [6.07, 6.45) is 9.54. The van der Waals surface area contributed by atoms with E-state index >= 15 is 0 Å². The molecular formula is C29H42O5. The lowest BCUT2D eigenvalue weighted by atomic mass is 10.2. The van der Waals surface area contributed by atoms with E-state index in [2.05, 4.69) is 6.08 Å². The molecule has 0 aromatic heterocycles. The van der Waals surface area contributed by atoms with E-state index in [4.69, 9.17) is 19.7 Å². The quantitative estimate of drug-likeness (QED) is 0.450. The van der Waals surface area contributed by atoms with E-state index in [1.807, 2.05) is 91.7 Å². The van der Waals surface area contributed by atoms with Crippen LogP contribution in [0.1, 0.15) is 52.2 Å². The van der Waals surface area contributed by atoms with Crippen LogP contribution < -0.4 is 4.74 Å². The molecule has 0 aliphatic heterocycles. The van der Waals surface area contributed by atoms with Crippen molar-refractivity contribution in [2.45, 2.75) is 54.9 Å². The summed E-state index contributed by atoms with van der Waals surface area (Å²) in [4.78, 5) is 18.3. The molecular weight excluding hydrogens is 428 g/mol. The molecule has 2 aromatic rings. The number of phenols is 2. The number of phenolic OH excluding ortho intramolecular Hbond substituents is 2. The SMILES string of the molecule is C=O.CC.CC.CC1=CCC=C(C=O)C=C1.COc1cc(C)ccc1O.Cc1ccc(O)cc1. The van der Waals surface area contributed by atoms with Gasteiger partial charge < -0.3 is 19.7 Å². The van der Waals surface area contributed by atoms with Gasteiger partial charge >= 0.3 is 0 Å². The van der Waals surface area contributed by atoms with Gasteiger partial charge in [0.15, 0.2) is 11.5 Å². The standard InChI is InChI=1S/C9H10O.C8H10O2.C7H8O.2C2H6.CH2O/c1-8-3-2-4-9(7-10)6-5-8;1-6-3-4-7(9)8(5-6)10-2;1-6-2-4-7(8)5-3-6;3*1-2/h3-7H,2H2,1H3;3-5,9H,1-2H3;2-5,8H,1H3;2*1-2H3;1H2. The second kappa shape index (κ2) is 24.1. The highest BCUT2D eigenvalue weighted by Gasteiger charge is 1.98. The van der Waals surface area contributed by atoms with E-state index < -0.39 is 0 Å². The van der Waals surface area contributed by atoms with Gasteiger partial charge in [0.2, 0.25) is 0 Å². The molecule has 188 valence electrons. The van der Waals surface area contributed by atoms with Crippen molar-refractivity contribution in [3.05, 3.63) is 89.0 Å². The van der Waals surface area contributed by atoms with Crippen molar-refractivity contribution in [1.29, 1.82) is 0 Å². The van der Waals surface area contributed by atoms with Gasteiger partial charge in [-0.3, -0.25) is 4.79 Å². The number of hydrogen-bond donors (Lipinski definition) is 2. The van der Waals surface area contributed by atoms with Crippen LogP contribution in [0.2, 0.25) is 0 Å². The Labute approximate surface area is 206 Å². The van der Waals surface area contributed by atoms with Crippen molar-refractivity contribution in [1.82, 2.24) is 0 Å². The van der Waals surface area contributed by atoms with Crippen molar-refractivity contribution in [2.24, 2.45) is 0 Å². The smallest absolute Gasteiger partial charge is 0.160 e. The van der Waals surface area contributed by atoms with E-state index in [0.29, 0.717) is 11.5 Å². The molecule has 0 atom stereocenters. The number of allylic oxidation sites excluding steroid dienone is 6. The fraction of sp³-hybridized carbons (Fsp3) is 0.310. The molecule has 3 rings (SSSR count). The maximum atomic E-state index is 10.3. The maximum Gasteiger partial charge on any atom is 0.160 e. The fourth-order valence-electron chi connectivity index (χ4n) is 2.16. The van der Waals surface area contributed by atoms with E-state index in [9.17, 15) is 4.79 Å². The van der Waals surface area contributed by atoms with E-state index in [1.54, 1.807) is 24.3 Å². The van der Waals surface area contributed by atoms with Gasteiger partial charge in [-0.2, -0.15) is 0 Å². The van der Waals surface area contributed by atoms with Crippen LogP contribution >= 0.6 is 0 Å². The number of carbonyl (C=O) groups excluding carboxylic acids is 2. The number of aldehydes is 1. The first-order valence-corrected chi connectivity index (χ1v) is 11.2. The van der Waals surface area contributed by atoms with Crippen LogP contribution in [0.15, 0.2) is 77.9 Å². The van der Waals surface area contributed by atoms with Crippen LogP contribution in [0.3, 0.4) is 0 Å². The Bertz CT molecular complexity index is 842. The number of aryl methyl sites for hydroxylation is 2. The van der Waals surface area contributed by atoms with Gasteiger partial charge in [-0.1, -0.05) is 81.3 Å². The van der Waals surface area contributed by atoms with Gasteiger partial charge in [0.1, 0.15) is 18.8 Å². The topological polar surface area (TPSA) is 83.8 Å². The van der Waals surface area contributed by atoms with Crippen molar-refractivity contribution in [3.63, 3.8) is 0 Å². The molecule has 1 aliphatic rings. The zero-order valence-corrected chi connectivity index (χ0v) is 22.0. The molecule has 0 radical (unpaired) electrons. The van der Waals surface area contributed by atoms with Crippen molar-refractivity contribution in [2.75, 3.05) is 7.11 Å². The summed E-state index contributed by atoms with van der Waals surface area (Å²) in [7, 11) is 1.54. The molecule has 5 nitrogen and oxygen atoms in total. The van der Waals surface area contributed by atoms with Gasteiger partial charge in [-0.25, -0.2) is 0 Å². The molecule has 0 fully saturated rings. The highest BCUT2D eigenvalue weighted by atomic mass is 16.5. The average Bonchev–Trinajstić information content (AvgIpc) is 3.11. The first kappa shape index (κ1) is 35.0. The number of hydrogen-bond acceptors (Lipinski definition) is 5. The Balaban J connectivity index is -0.000000383. The van der Waals surface area contributed by atoms with E-state index in [1.165, 1.54) is 18.2 Å². The van der Waals surface area contributed by atoms with Gasteiger partial charge in [0.05, 0.1) is 7.11 Å². The predicted molar refractivity (Wildman–Crippen MR) is 144 cm³/mol. The van der Waals surface area contributed by atoms with Gasteiger partial charge in [0, 0.05) is 5.57 Å². The highest BCUT2D eigenvalue weighted by Crippen LogP contribution is 2.25. The van der Waals surface area contributed by atoms with Crippen LogP contribution in [-0.2, 0) is 9.59 Å². The minimum Gasteiger partial charge on any atom is -0.508 e. The molecule has 2 N–H and O–H groups in total. The van der Waals surface area contributed by atoms with Gasteiger partial charge in [-0.05, 0) is 57.0 Å². The summed E-state index contributed by atoms with van der Waals surface area (Å²) in [5.74, 6) is 1.05. The monoisotopic (exact) mass is 470 g/mol. The second-order valence-electron chi connectivity index (χ2n) is 6.35. The first-order chi connectivity index (χ1) is 16.3. The number of ether oxygens (including phenoxy) is 1. The van der Waals surface area contributed by atoms with Crippen LogP contribution in [0.25, 0.3) is 0 Å². The first-order valence-electron chi connectivity index (χ1n) is 11.2. The predicted octanol–water partition coefficient (Wildman–Crippen LogP) is 7.30. The van der Waals surface area contributed by atoms with E-state index in [-0.39, 0.29) is 5.75 Å². The zero-order chi connectivity index (χ0) is 26.9. The molecule has 0 bridgehead atoms. The number of aromatic hydroxyl groups is 2. The molecule has 1 aliphatic carbocycles. The minimum absolute atomic E-state index is 0.188. The molecule has 0 unspecified atom stereocenters. The Kier molecular flexibility index (Phi) is 24.8. The summed E-state index contributed by atoms with van der Waals surface area (Å²) in [6.45, 7) is 16.0. The third kappa shape index (κ3) is 18.0. The van der Waals surface area contributed by atoms with Gasteiger partial charge in [-0.15, -0.1) is 0 Å². The third-order valence-electron chi connectivity index (χ3n) is 3.84. The summed E-state index contributed by atoms with van der Waals surface area (Å²) in [5, 5.41) is 17.9. The molecule has 2 aromatic carbocycles. The third-order valence-corrected chi connectivity index (χ3v) is 3.84. The normalized spacial score (nSPS) is 10.5. The minimum atomic E-state index is 0.188. The molecule has 0 saturated heterocycles. The Hall–Kier alpha value is -3.60. The highest BCUT2D eigenvalue weighted by molar-refractivity contribution is 5.77. The van der Waals surface area contributed by atoms with Crippen LogP contribution in [0.5, 0.6) is 17.2 Å². The van der Waals surface area contributed by atoms with Crippen LogP contribution in [0.4, 0.5) is 0 Å². The number of rotatable bonds is 2. The summed E-state index contributed by atoms with van der Waals surface area (Å²) >= 11 is 0. The molecule has 34 heavy (non-hydrogen) atoms. The molecule has 0 spiro atoms. The van der Waals surface area contributed by atoms with Crippen LogP contribution in [-0.4, -0.2) is 30.4 Å². The summed E-state index contributed by atoms with van der Waals surface area (Å²) in [5.41, 5.74) is 4.23. The largest absolute Gasteiger partial charge is 0.508 e. The fourth-order valence-corrected chi connectivity index (χ4v) is 2.16. The average molecular weight is 471 g/mol. The summed E-state index contributed by atoms with van der Waals surface area (Å²) < 4.78 is 4.88. The zero-order valence-electron chi connectivity index (χ0n) is 22.0. The lowest BCUT2D eigenvalue weighted by Gasteiger charge is -2.02. The van der Waals surface area contributed by atoms with Crippen molar-refractivity contribution < 1.29 is 24.5 Å². The molecule has 0 amide bonds. The lowest BCUT2D eigenvalue weighted by molar-refractivity contribution is -0.104. The Morgan fingerprint density at radius 1 is 0.824 bits per heavy atom. The summed E-state index contributed by atoms with van der Waals surface area (Å²) in [6, 6.07) is 12.3. The van der Waals surface area contributed by atoms with Gasteiger partial charge in [0.25, 0.3) is 0 Å². The van der Waals surface area contributed by atoms with Crippen molar-refractivity contribution >= 4 is 13.1 Å². The second-order valence-corrected chi connectivity index (χ2v) is 6.35. The molecule has 0 saturated carbocycles.